The van der Waals surface area contributed by atoms with Crippen molar-refractivity contribution in [2.24, 2.45) is 4.99 Å². The second-order valence-electron chi connectivity index (χ2n) is 7.03. The molecule has 0 heterocycles. The fraction of sp³-hybridized carbons (Fsp3) is 0.667. The minimum atomic E-state index is -4.40. The van der Waals surface area contributed by atoms with Crippen LogP contribution >= 0.6 is 0 Å². The summed E-state index contributed by atoms with van der Waals surface area (Å²) in [5, 5.41) is 6.58. The van der Waals surface area contributed by atoms with Crippen LogP contribution in [0.1, 0.15) is 39.2 Å². The van der Waals surface area contributed by atoms with E-state index >= 15 is 0 Å². The van der Waals surface area contributed by atoms with Gasteiger partial charge in [0.25, 0.3) is 0 Å². The van der Waals surface area contributed by atoms with Crippen LogP contribution < -0.4 is 20.1 Å². The van der Waals surface area contributed by atoms with Crippen LogP contribution in [-0.4, -0.2) is 63.5 Å². The number of ether oxygens (including phenoxy) is 2. The van der Waals surface area contributed by atoms with E-state index in [1.165, 1.54) is 13.2 Å². The predicted octanol–water partition coefficient (Wildman–Crippen LogP) is 3.81. The lowest BCUT2D eigenvalue weighted by Gasteiger charge is -2.21. The fourth-order valence-electron chi connectivity index (χ4n) is 2.95. The van der Waals surface area contributed by atoms with Crippen molar-refractivity contribution >= 4 is 5.96 Å². The molecule has 1 unspecified atom stereocenters. The maximum absolute atomic E-state index is 12.4. The Bertz CT molecular complexity index is 650. The average molecular weight is 433 g/mol. The third-order valence-electron chi connectivity index (χ3n) is 4.69. The Morgan fingerprint density at radius 1 is 1.20 bits per heavy atom. The van der Waals surface area contributed by atoms with Gasteiger partial charge in [0.2, 0.25) is 0 Å². The first kappa shape index (κ1) is 25.9. The smallest absolute Gasteiger partial charge is 0.422 e. The van der Waals surface area contributed by atoms with E-state index in [1.54, 1.807) is 19.2 Å². The zero-order valence-corrected chi connectivity index (χ0v) is 18.6. The molecule has 9 heteroatoms. The Kier molecular flexibility index (Phi) is 11.4. The van der Waals surface area contributed by atoms with E-state index in [-0.39, 0.29) is 17.5 Å². The summed E-state index contributed by atoms with van der Waals surface area (Å²) in [6, 6.07) is 5.09. The van der Waals surface area contributed by atoms with Gasteiger partial charge < -0.3 is 25.0 Å². The second kappa shape index (κ2) is 13.2. The molecule has 30 heavy (non-hydrogen) atoms. The first-order valence-electron chi connectivity index (χ1n) is 10.3. The lowest BCUT2D eigenvalue weighted by Crippen LogP contribution is -2.42. The zero-order valence-electron chi connectivity index (χ0n) is 18.6. The van der Waals surface area contributed by atoms with Crippen LogP contribution in [-0.2, 0) is 6.54 Å². The van der Waals surface area contributed by atoms with E-state index in [2.05, 4.69) is 41.3 Å². The summed E-state index contributed by atoms with van der Waals surface area (Å²) in [7, 11) is 3.10. The molecular formula is C21H35F3N4O2. The highest BCUT2D eigenvalue weighted by atomic mass is 19.4. The summed E-state index contributed by atoms with van der Waals surface area (Å²) < 4.78 is 47.1. The van der Waals surface area contributed by atoms with Gasteiger partial charge in [-0.1, -0.05) is 19.9 Å². The minimum Gasteiger partial charge on any atom is -0.493 e. The summed E-state index contributed by atoms with van der Waals surface area (Å²) >= 11 is 0. The quantitative estimate of drug-likeness (QED) is 0.389. The number of rotatable bonds is 12. The third kappa shape index (κ3) is 10.0. The lowest BCUT2D eigenvalue weighted by molar-refractivity contribution is -0.153. The molecule has 0 bridgehead atoms. The number of nitrogens with one attached hydrogen (secondary N) is 2. The molecule has 1 aromatic rings. The molecule has 0 spiro atoms. The van der Waals surface area contributed by atoms with E-state index < -0.39 is 12.8 Å². The van der Waals surface area contributed by atoms with Gasteiger partial charge in [-0.15, -0.1) is 0 Å². The average Bonchev–Trinajstić information content (AvgIpc) is 2.72. The van der Waals surface area contributed by atoms with Gasteiger partial charge in [0, 0.05) is 19.6 Å². The number of hydrogen-bond acceptors (Lipinski definition) is 4. The normalized spacial score (nSPS) is 13.3. The van der Waals surface area contributed by atoms with Crippen LogP contribution in [0.4, 0.5) is 13.2 Å². The van der Waals surface area contributed by atoms with Gasteiger partial charge >= 0.3 is 6.18 Å². The van der Waals surface area contributed by atoms with Gasteiger partial charge in [-0.05, 0) is 57.1 Å². The topological polar surface area (TPSA) is 58.1 Å². The Hall–Kier alpha value is -2.16. The molecule has 2 N–H and O–H groups in total. The Morgan fingerprint density at radius 3 is 2.47 bits per heavy atom. The SMILES string of the molecule is CCN(CC)CCCC(C)NC(=NC)NCc1ccc(OCC(F)(F)F)c(OC)c1. The van der Waals surface area contributed by atoms with Crippen molar-refractivity contribution in [1.29, 1.82) is 0 Å². The van der Waals surface area contributed by atoms with Crippen molar-refractivity contribution in [3.8, 4) is 11.5 Å². The van der Waals surface area contributed by atoms with Crippen molar-refractivity contribution in [2.75, 3.05) is 40.4 Å². The first-order valence-corrected chi connectivity index (χ1v) is 10.3. The van der Waals surface area contributed by atoms with Crippen LogP contribution in [0, 0.1) is 0 Å². The Morgan fingerprint density at radius 2 is 1.90 bits per heavy atom. The van der Waals surface area contributed by atoms with Gasteiger partial charge in [0.1, 0.15) is 0 Å². The molecule has 0 fully saturated rings. The van der Waals surface area contributed by atoms with Crippen LogP contribution in [0.25, 0.3) is 0 Å². The molecule has 1 rings (SSSR count). The number of alkyl halides is 3. The molecule has 0 radical (unpaired) electrons. The lowest BCUT2D eigenvalue weighted by atomic mass is 10.1. The third-order valence-corrected chi connectivity index (χ3v) is 4.69. The molecular weight excluding hydrogens is 397 g/mol. The van der Waals surface area contributed by atoms with Crippen LogP contribution in [0.3, 0.4) is 0 Å². The zero-order chi connectivity index (χ0) is 22.6. The summed E-state index contributed by atoms with van der Waals surface area (Å²) in [5.74, 6) is 0.982. The minimum absolute atomic E-state index is 0.0582. The first-order chi connectivity index (χ1) is 14.2. The standard InChI is InChI=1S/C21H35F3N4O2/c1-6-28(7-2)12-8-9-16(3)27-20(25-4)26-14-17-10-11-18(19(13-17)29-5)30-15-21(22,23)24/h10-11,13,16H,6-9,12,14-15H2,1-5H3,(H2,25,26,27). The van der Waals surface area contributed by atoms with Gasteiger partial charge in [-0.25, -0.2) is 0 Å². The molecule has 1 atom stereocenters. The monoisotopic (exact) mass is 432 g/mol. The molecule has 0 saturated carbocycles. The number of guanidine groups is 1. The molecule has 0 saturated heterocycles. The molecule has 1 aromatic carbocycles. The highest BCUT2D eigenvalue weighted by Crippen LogP contribution is 2.29. The van der Waals surface area contributed by atoms with E-state index in [0.29, 0.717) is 12.5 Å². The Balaban J connectivity index is 2.54. The van der Waals surface area contributed by atoms with Crippen LogP contribution in [0.15, 0.2) is 23.2 Å². The predicted molar refractivity (Wildman–Crippen MR) is 114 cm³/mol. The fourth-order valence-corrected chi connectivity index (χ4v) is 2.95. The molecule has 6 nitrogen and oxygen atoms in total. The maximum Gasteiger partial charge on any atom is 0.422 e. The maximum atomic E-state index is 12.4. The number of hydrogen-bond donors (Lipinski definition) is 2. The second-order valence-corrected chi connectivity index (χ2v) is 7.03. The number of methoxy groups -OCH3 is 1. The van der Waals surface area contributed by atoms with E-state index in [1.807, 2.05) is 0 Å². The summed E-state index contributed by atoms with van der Waals surface area (Å²) in [6.45, 7) is 8.74. The van der Waals surface area contributed by atoms with Crippen molar-refractivity contribution in [1.82, 2.24) is 15.5 Å². The van der Waals surface area contributed by atoms with E-state index in [9.17, 15) is 13.2 Å². The molecule has 0 amide bonds. The van der Waals surface area contributed by atoms with Crippen molar-refractivity contribution in [3.63, 3.8) is 0 Å². The molecule has 0 aromatic heterocycles. The van der Waals surface area contributed by atoms with Crippen molar-refractivity contribution in [2.45, 2.75) is 52.4 Å². The summed E-state index contributed by atoms with van der Waals surface area (Å²) in [4.78, 5) is 6.64. The van der Waals surface area contributed by atoms with E-state index in [0.717, 1.165) is 38.0 Å². The van der Waals surface area contributed by atoms with Gasteiger partial charge in [-0.3, -0.25) is 4.99 Å². The number of halogens is 3. The number of benzene rings is 1. The highest BCUT2D eigenvalue weighted by Gasteiger charge is 2.29. The summed E-state index contributed by atoms with van der Waals surface area (Å²) in [5.41, 5.74) is 0.836. The number of aliphatic imine (C=N–C) groups is 1. The van der Waals surface area contributed by atoms with Gasteiger partial charge in [0.15, 0.2) is 24.1 Å². The van der Waals surface area contributed by atoms with E-state index in [4.69, 9.17) is 9.47 Å². The Labute approximate surface area is 177 Å². The van der Waals surface area contributed by atoms with Crippen LogP contribution in [0.2, 0.25) is 0 Å². The molecule has 0 aliphatic heterocycles. The largest absolute Gasteiger partial charge is 0.493 e. The number of nitrogens with zero attached hydrogens (tertiary/aromatic N) is 2. The van der Waals surface area contributed by atoms with Crippen molar-refractivity contribution < 1.29 is 22.6 Å². The highest BCUT2D eigenvalue weighted by molar-refractivity contribution is 5.79. The van der Waals surface area contributed by atoms with Crippen LogP contribution in [0.5, 0.6) is 11.5 Å². The van der Waals surface area contributed by atoms with Crippen molar-refractivity contribution in [3.05, 3.63) is 23.8 Å². The molecule has 0 aliphatic carbocycles. The molecule has 0 aliphatic rings. The van der Waals surface area contributed by atoms with Gasteiger partial charge in [0.05, 0.1) is 7.11 Å². The molecule has 172 valence electrons. The van der Waals surface area contributed by atoms with Gasteiger partial charge in [-0.2, -0.15) is 13.2 Å². The summed E-state index contributed by atoms with van der Waals surface area (Å²) in [6.07, 6.45) is -2.27.